The van der Waals surface area contributed by atoms with E-state index in [2.05, 4.69) is 90.4 Å². The predicted molar refractivity (Wildman–Crippen MR) is 134 cm³/mol. The molecule has 0 aliphatic heterocycles. The molecule has 0 saturated carbocycles. The van der Waals surface area contributed by atoms with Crippen LogP contribution in [0.4, 0.5) is 0 Å². The quantitative estimate of drug-likeness (QED) is 0.282. The van der Waals surface area contributed by atoms with Crippen molar-refractivity contribution in [2.75, 3.05) is 13.2 Å². The predicted octanol–water partition coefficient (Wildman–Crippen LogP) is 5.25. The second-order valence-corrected chi connectivity index (χ2v) is 9.92. The molecule has 0 atom stereocenters. The Balaban J connectivity index is 2.24. The molecule has 0 aromatic heterocycles. The molecule has 0 amide bonds. The van der Waals surface area contributed by atoms with Gasteiger partial charge in [0.25, 0.3) is 0 Å². The van der Waals surface area contributed by atoms with Crippen LogP contribution in [0.15, 0.2) is 24.3 Å². The van der Waals surface area contributed by atoms with Crippen molar-refractivity contribution in [3.8, 4) is 17.2 Å². The van der Waals surface area contributed by atoms with E-state index in [0.717, 1.165) is 37.8 Å². The Kier molecular flexibility index (Phi) is 9.42. The summed E-state index contributed by atoms with van der Waals surface area (Å²) in [5, 5.41) is 8.96. The number of hydrogen-bond donors (Lipinski definition) is 2. The molecule has 0 fully saturated rings. The second-order valence-electron chi connectivity index (χ2n) is 5.27. The van der Waals surface area contributed by atoms with Gasteiger partial charge in [0.05, 0.1) is 27.3 Å². The number of nitrogens with two attached hydrogens (primary N) is 1. The minimum absolute atomic E-state index is 0.00306. The van der Waals surface area contributed by atoms with E-state index in [1.807, 2.05) is 24.3 Å². The van der Waals surface area contributed by atoms with Crippen LogP contribution >= 0.6 is 90.4 Å². The lowest BCUT2D eigenvalue weighted by molar-refractivity contribution is -0.136. The molecule has 0 heterocycles. The van der Waals surface area contributed by atoms with E-state index >= 15 is 0 Å². The molecule has 0 saturated heterocycles. The van der Waals surface area contributed by atoms with Crippen LogP contribution in [0.25, 0.3) is 0 Å². The molecule has 0 spiro atoms. The van der Waals surface area contributed by atoms with Crippen molar-refractivity contribution in [1.29, 1.82) is 0 Å². The third-order valence-corrected chi connectivity index (χ3v) is 6.41. The van der Waals surface area contributed by atoms with Crippen molar-refractivity contribution in [3.63, 3.8) is 0 Å². The van der Waals surface area contributed by atoms with Gasteiger partial charge in [0.1, 0.15) is 11.5 Å². The van der Waals surface area contributed by atoms with Gasteiger partial charge in [-0.1, -0.05) is 0 Å². The third-order valence-electron chi connectivity index (χ3n) is 3.20. The topological polar surface area (TPSA) is 81.8 Å². The molecule has 3 N–H and O–H groups in total. The number of ether oxygens (including phenoxy) is 2. The summed E-state index contributed by atoms with van der Waals surface area (Å²) >= 11 is 8.80. The average Bonchev–Trinajstić information content (AvgIpc) is 2.53. The van der Waals surface area contributed by atoms with Crippen molar-refractivity contribution in [3.05, 3.63) is 44.1 Å². The first-order valence-electron chi connectivity index (χ1n) is 7.51. The number of carbonyl (C=O) groups is 1. The molecule has 9 heteroatoms. The summed E-state index contributed by atoms with van der Waals surface area (Å²) in [5.41, 5.74) is 6.26. The van der Waals surface area contributed by atoms with Gasteiger partial charge in [-0.15, -0.1) is 0 Å². The van der Waals surface area contributed by atoms with Gasteiger partial charge in [-0.05, 0) is 133 Å². The number of rotatable bonds is 8. The summed E-state index contributed by atoms with van der Waals surface area (Å²) in [5.74, 6) is 1.43. The van der Waals surface area contributed by atoms with Crippen molar-refractivity contribution >= 4 is 96.3 Å². The van der Waals surface area contributed by atoms with Crippen molar-refractivity contribution < 1.29 is 19.4 Å². The summed E-state index contributed by atoms with van der Waals surface area (Å²) in [7, 11) is 0. The number of hydrogen-bond acceptors (Lipinski definition) is 4. The zero-order valence-corrected chi connectivity index (χ0v) is 22.0. The van der Waals surface area contributed by atoms with Crippen molar-refractivity contribution in [2.45, 2.75) is 12.8 Å². The third kappa shape index (κ3) is 6.48. The first-order valence-corrected chi connectivity index (χ1v) is 11.8. The van der Waals surface area contributed by atoms with Gasteiger partial charge < -0.3 is 20.3 Å². The highest BCUT2D eigenvalue weighted by molar-refractivity contribution is 14.1. The number of carboxylic acids is 1. The number of aliphatic carboxylic acids is 1. The fraction of sp³-hybridized carbons (Fsp3) is 0.235. The highest BCUT2D eigenvalue weighted by atomic mass is 127. The van der Waals surface area contributed by atoms with Gasteiger partial charge in [-0.2, -0.15) is 0 Å². The molecular weight excluding hydrogens is 790 g/mol. The molecule has 2 rings (SSSR count). The van der Waals surface area contributed by atoms with Crippen LogP contribution in [0.2, 0.25) is 0 Å². The fourth-order valence-electron chi connectivity index (χ4n) is 2.10. The lowest BCUT2D eigenvalue weighted by Gasteiger charge is -2.15. The van der Waals surface area contributed by atoms with Crippen LogP contribution < -0.4 is 15.2 Å². The first kappa shape index (κ1) is 22.7. The van der Waals surface area contributed by atoms with E-state index in [1.165, 1.54) is 0 Å². The molecule has 0 radical (unpaired) electrons. The standard InChI is InChI=1S/C17H15I4NO4/c18-11-4-9(6-15(23)24)5-12(19)17(11)26-10-7-13(20)16(14(21)8-10)25-3-1-2-22/h4-5,7-8H,1-3,6,22H2,(H,23,24). The lowest BCUT2D eigenvalue weighted by atomic mass is 10.1. The molecule has 2 aromatic rings. The van der Waals surface area contributed by atoms with E-state index < -0.39 is 5.97 Å². The molecular formula is C17H15I4NO4. The zero-order valence-electron chi connectivity index (χ0n) is 13.4. The normalized spacial score (nSPS) is 10.7. The van der Waals surface area contributed by atoms with Crippen LogP contribution in [0, 0.1) is 14.3 Å². The highest BCUT2D eigenvalue weighted by Gasteiger charge is 2.15. The number of halogens is 4. The largest absolute Gasteiger partial charge is 0.491 e. The molecule has 26 heavy (non-hydrogen) atoms. The SMILES string of the molecule is NCCCOc1c(I)cc(Oc2c(I)cc(CC(=O)O)cc2I)cc1I. The summed E-state index contributed by atoms with van der Waals surface area (Å²) in [4.78, 5) is 10.9. The van der Waals surface area contributed by atoms with Crippen LogP contribution in [-0.2, 0) is 11.2 Å². The minimum atomic E-state index is -0.848. The van der Waals surface area contributed by atoms with Gasteiger partial charge in [-0.3, -0.25) is 4.79 Å². The Labute approximate surface area is 206 Å². The molecule has 5 nitrogen and oxygen atoms in total. The maximum absolute atomic E-state index is 10.9. The van der Waals surface area contributed by atoms with Crippen LogP contribution in [0.3, 0.4) is 0 Å². The Bertz CT molecular complexity index is 767. The highest BCUT2D eigenvalue weighted by Crippen LogP contribution is 2.37. The van der Waals surface area contributed by atoms with Crippen molar-refractivity contribution in [2.24, 2.45) is 5.73 Å². The lowest BCUT2D eigenvalue weighted by Crippen LogP contribution is -2.07. The Morgan fingerprint density at radius 3 is 2.00 bits per heavy atom. The monoisotopic (exact) mass is 805 g/mol. The number of benzene rings is 2. The molecule has 0 unspecified atom stereocenters. The van der Waals surface area contributed by atoms with E-state index in [0.29, 0.717) is 18.9 Å². The molecule has 0 aliphatic rings. The van der Waals surface area contributed by atoms with Gasteiger partial charge in [-0.25, -0.2) is 0 Å². The summed E-state index contributed by atoms with van der Waals surface area (Å²) < 4.78 is 15.6. The van der Waals surface area contributed by atoms with E-state index in [1.54, 1.807) is 0 Å². The first-order chi connectivity index (χ1) is 12.3. The van der Waals surface area contributed by atoms with Crippen LogP contribution in [-0.4, -0.2) is 24.2 Å². The van der Waals surface area contributed by atoms with Gasteiger partial charge in [0, 0.05) is 0 Å². The summed E-state index contributed by atoms with van der Waals surface area (Å²) in [6.07, 6.45) is 0.806. The second kappa shape index (κ2) is 10.8. The van der Waals surface area contributed by atoms with Gasteiger partial charge in [0.15, 0.2) is 5.75 Å². The molecule has 140 valence electrons. The number of carboxylic acid groups (broad SMARTS) is 1. The Morgan fingerprint density at radius 1 is 0.962 bits per heavy atom. The Hall–Kier alpha value is 0.390. The Morgan fingerprint density at radius 2 is 1.50 bits per heavy atom. The van der Waals surface area contributed by atoms with Crippen LogP contribution in [0.5, 0.6) is 17.2 Å². The average molecular weight is 805 g/mol. The van der Waals surface area contributed by atoms with Gasteiger partial charge >= 0.3 is 5.97 Å². The van der Waals surface area contributed by atoms with E-state index in [-0.39, 0.29) is 6.42 Å². The minimum Gasteiger partial charge on any atom is -0.491 e. The van der Waals surface area contributed by atoms with Crippen molar-refractivity contribution in [1.82, 2.24) is 0 Å². The maximum Gasteiger partial charge on any atom is 0.307 e. The fourth-order valence-corrected chi connectivity index (χ4v) is 6.24. The van der Waals surface area contributed by atoms with Crippen LogP contribution in [0.1, 0.15) is 12.0 Å². The molecule has 2 aromatic carbocycles. The molecule has 0 bridgehead atoms. The summed E-state index contributed by atoms with van der Waals surface area (Å²) in [6, 6.07) is 7.54. The maximum atomic E-state index is 10.9. The van der Waals surface area contributed by atoms with E-state index in [9.17, 15) is 4.79 Å². The molecule has 0 aliphatic carbocycles. The van der Waals surface area contributed by atoms with E-state index in [4.69, 9.17) is 20.3 Å². The zero-order chi connectivity index (χ0) is 19.3. The smallest absolute Gasteiger partial charge is 0.307 e. The van der Waals surface area contributed by atoms with Gasteiger partial charge in [0.2, 0.25) is 0 Å². The summed E-state index contributed by atoms with van der Waals surface area (Å²) in [6.45, 7) is 1.19.